The van der Waals surface area contributed by atoms with Gasteiger partial charge in [0.25, 0.3) is 0 Å². The monoisotopic (exact) mass is 475 g/mol. The Bertz CT molecular complexity index is 443. The van der Waals surface area contributed by atoms with E-state index in [-0.39, 0.29) is 12.0 Å². The summed E-state index contributed by atoms with van der Waals surface area (Å²) in [5, 5.41) is 11.1. The van der Waals surface area contributed by atoms with Crippen LogP contribution in [0.4, 0.5) is 5.69 Å². The third-order valence-electron chi connectivity index (χ3n) is 3.17. The zero-order valence-corrected chi connectivity index (χ0v) is 14.0. The van der Waals surface area contributed by atoms with E-state index in [4.69, 9.17) is 16.3 Å². The third kappa shape index (κ3) is 2.90. The molecule has 0 saturated heterocycles. The van der Waals surface area contributed by atoms with E-state index in [1.165, 1.54) is 0 Å². The zero-order chi connectivity index (χ0) is 13.3. The number of nitrogen functional groups attached to an aromatic ring is 1. The number of hydrogen-bond donors (Lipinski definition) is 3. The molecule has 0 amide bonds. The maximum atomic E-state index is 11.5. The highest BCUT2D eigenvalue weighted by molar-refractivity contribution is 14.1. The second-order valence-electron chi connectivity index (χ2n) is 4.36. The summed E-state index contributed by atoms with van der Waals surface area (Å²) in [6.45, 7) is 0.607. The Morgan fingerprint density at radius 3 is 2.89 bits per heavy atom. The van der Waals surface area contributed by atoms with Gasteiger partial charge in [-0.15, -0.1) is 0 Å². The maximum Gasteiger partial charge on any atom is 0.157 e. The van der Waals surface area contributed by atoms with E-state index in [1.807, 2.05) is 6.07 Å². The van der Waals surface area contributed by atoms with Crippen LogP contribution < -0.4 is 21.5 Å². The summed E-state index contributed by atoms with van der Waals surface area (Å²) in [6.07, 6.45) is 0.759. The van der Waals surface area contributed by atoms with Gasteiger partial charge in [0, 0.05) is 22.5 Å². The van der Waals surface area contributed by atoms with Gasteiger partial charge < -0.3 is 15.7 Å². The average Bonchev–Trinajstić information content (AvgIpc) is 2.37. The van der Waals surface area contributed by atoms with E-state index in [2.05, 4.69) is 45.2 Å². The van der Waals surface area contributed by atoms with Crippen molar-refractivity contribution in [1.29, 1.82) is 0 Å². The molecule has 7 heteroatoms. The van der Waals surface area contributed by atoms with E-state index in [9.17, 15) is 5.21 Å². The lowest BCUT2D eigenvalue weighted by Gasteiger charge is -2.31. The molecule has 3 unspecified atom stereocenters. The number of quaternary nitrogens is 1. The number of ether oxygens (including phenoxy) is 1. The highest BCUT2D eigenvalue weighted by Gasteiger charge is 2.29. The van der Waals surface area contributed by atoms with Gasteiger partial charge in [0.1, 0.15) is 5.75 Å². The van der Waals surface area contributed by atoms with Crippen LogP contribution in [0.15, 0.2) is 12.1 Å². The molecular weight excluding hydrogens is 460 g/mol. The number of nitrogens with one attached hydrogen (secondary N) is 1. The van der Waals surface area contributed by atoms with Crippen LogP contribution >= 0.6 is 45.2 Å². The van der Waals surface area contributed by atoms with Crippen molar-refractivity contribution < 1.29 is 9.91 Å². The molecule has 1 aliphatic heterocycles. The van der Waals surface area contributed by atoms with Crippen LogP contribution in [0.2, 0.25) is 0 Å². The first-order valence-electron chi connectivity index (χ1n) is 5.60. The fourth-order valence-corrected chi connectivity index (χ4v) is 3.48. The lowest BCUT2D eigenvalue weighted by molar-refractivity contribution is -0.789. The highest BCUT2D eigenvalue weighted by Crippen LogP contribution is 2.36. The van der Waals surface area contributed by atoms with Crippen molar-refractivity contribution in [3.63, 3.8) is 0 Å². The first-order chi connectivity index (χ1) is 8.54. The number of halogens is 2. The maximum absolute atomic E-state index is 11.5. The molecule has 5 nitrogen and oxygen atoms in total. The molecule has 0 bridgehead atoms. The van der Waals surface area contributed by atoms with Gasteiger partial charge in [0.2, 0.25) is 0 Å². The zero-order valence-electron chi connectivity index (χ0n) is 9.66. The molecule has 100 valence electrons. The smallest absolute Gasteiger partial charge is 0.157 e. The second kappa shape index (κ2) is 6.18. The van der Waals surface area contributed by atoms with E-state index in [0.717, 1.165) is 25.7 Å². The Labute approximate surface area is 133 Å². The summed E-state index contributed by atoms with van der Waals surface area (Å²) in [4.78, 5) is 0. The number of fused-ring (bicyclic) bond motifs is 1. The molecule has 0 aliphatic carbocycles. The first kappa shape index (κ1) is 14.7. The van der Waals surface area contributed by atoms with Crippen molar-refractivity contribution >= 4 is 50.9 Å². The predicted molar refractivity (Wildman–Crippen MR) is 86.9 cm³/mol. The van der Waals surface area contributed by atoms with Gasteiger partial charge in [-0.3, -0.25) is 5.17 Å². The molecule has 0 fully saturated rings. The summed E-state index contributed by atoms with van der Waals surface area (Å²) in [5.41, 5.74) is 7.52. The molecule has 1 aliphatic rings. The van der Waals surface area contributed by atoms with Gasteiger partial charge in [0.15, 0.2) is 5.69 Å². The normalized spacial score (nSPS) is 21.9. The number of rotatable bonds is 3. The van der Waals surface area contributed by atoms with Gasteiger partial charge in [0.05, 0.1) is 15.7 Å². The van der Waals surface area contributed by atoms with Crippen molar-refractivity contribution in [2.24, 2.45) is 17.5 Å². The lowest BCUT2D eigenvalue weighted by atomic mass is 9.91. The summed E-state index contributed by atoms with van der Waals surface area (Å²) >= 11 is 4.48. The SMILES string of the molecule is NC(CI)C1COc2c(I)ccc([NH+](N)[O-])c2C1. The van der Waals surface area contributed by atoms with Crippen LogP contribution in [0.3, 0.4) is 0 Å². The van der Waals surface area contributed by atoms with Crippen LogP contribution in [0.1, 0.15) is 5.56 Å². The van der Waals surface area contributed by atoms with Gasteiger partial charge in [-0.05, 0) is 35.1 Å². The lowest BCUT2D eigenvalue weighted by Crippen LogP contribution is -3.08. The predicted octanol–water partition coefficient (Wildman–Crippen LogP) is 0.493. The molecule has 0 aromatic heterocycles. The summed E-state index contributed by atoms with van der Waals surface area (Å²) in [7, 11) is 0. The number of benzene rings is 1. The Balaban J connectivity index is 2.37. The van der Waals surface area contributed by atoms with Crippen molar-refractivity contribution in [3.8, 4) is 5.75 Å². The van der Waals surface area contributed by atoms with Crippen LogP contribution in [0.5, 0.6) is 5.75 Å². The third-order valence-corrected chi connectivity index (χ3v) is 5.04. The Morgan fingerprint density at radius 2 is 2.28 bits per heavy atom. The topological polar surface area (TPSA) is 88.8 Å². The molecule has 1 aromatic carbocycles. The Hall–Kier alpha value is 0.320. The minimum Gasteiger partial charge on any atom is -0.608 e. The van der Waals surface area contributed by atoms with E-state index >= 15 is 0 Å². The summed E-state index contributed by atoms with van der Waals surface area (Å²) in [5.74, 6) is 6.45. The van der Waals surface area contributed by atoms with Gasteiger partial charge in [-0.25, -0.2) is 0 Å². The van der Waals surface area contributed by atoms with Crippen molar-refractivity contribution in [3.05, 3.63) is 26.5 Å². The molecule has 0 radical (unpaired) electrons. The average molecular weight is 475 g/mol. The standard InChI is InChI=1S/C11H15I2N3O2/c12-4-9(14)6-3-7-10(16(15)17)2-1-8(13)11(7)18-5-6/h1-2,6,9,16H,3-5,14-15H2. The van der Waals surface area contributed by atoms with Crippen molar-refractivity contribution in [2.75, 3.05) is 11.0 Å². The van der Waals surface area contributed by atoms with E-state index in [0.29, 0.717) is 12.3 Å². The molecule has 3 atom stereocenters. The van der Waals surface area contributed by atoms with Crippen LogP contribution in [-0.2, 0) is 6.42 Å². The van der Waals surface area contributed by atoms with Crippen LogP contribution in [-0.4, -0.2) is 17.1 Å². The van der Waals surface area contributed by atoms with Crippen LogP contribution in [0.25, 0.3) is 0 Å². The number of nitrogens with two attached hydrogens (primary N) is 2. The Kier molecular flexibility index (Phi) is 5.06. The Morgan fingerprint density at radius 1 is 1.56 bits per heavy atom. The summed E-state index contributed by atoms with van der Waals surface area (Å²) < 4.78 is 7.66. The molecule has 0 saturated carbocycles. The van der Waals surface area contributed by atoms with Crippen molar-refractivity contribution in [2.45, 2.75) is 12.5 Å². The highest BCUT2D eigenvalue weighted by atomic mass is 127. The fourth-order valence-electron chi connectivity index (χ4n) is 2.10. The first-order valence-corrected chi connectivity index (χ1v) is 8.20. The molecule has 5 N–H and O–H groups in total. The molecule has 1 aromatic rings. The molecule has 1 heterocycles. The fraction of sp³-hybridized carbons (Fsp3) is 0.455. The van der Waals surface area contributed by atoms with Gasteiger partial charge in [-0.1, -0.05) is 22.6 Å². The van der Waals surface area contributed by atoms with E-state index in [1.54, 1.807) is 6.07 Å². The van der Waals surface area contributed by atoms with Crippen molar-refractivity contribution in [1.82, 2.24) is 0 Å². The molecule has 18 heavy (non-hydrogen) atoms. The quantitative estimate of drug-likeness (QED) is 0.257. The summed E-state index contributed by atoms with van der Waals surface area (Å²) in [6, 6.07) is 3.71. The number of hydrogen-bond acceptors (Lipinski definition) is 4. The van der Waals surface area contributed by atoms with Crippen LogP contribution in [0, 0.1) is 14.7 Å². The van der Waals surface area contributed by atoms with E-state index < -0.39 is 5.17 Å². The second-order valence-corrected chi connectivity index (χ2v) is 6.40. The minimum atomic E-state index is -0.407. The number of alkyl halides is 1. The van der Waals surface area contributed by atoms with Gasteiger partial charge >= 0.3 is 0 Å². The molecular formula is C11H15I2N3O2. The molecule has 2 rings (SSSR count). The minimum absolute atomic E-state index is 0.0809. The van der Waals surface area contributed by atoms with Gasteiger partial charge in [-0.2, -0.15) is 5.84 Å². The largest absolute Gasteiger partial charge is 0.608 e. The molecule has 0 spiro atoms.